The van der Waals surface area contributed by atoms with Crippen LogP contribution in [-0.4, -0.2) is 25.0 Å². The Kier molecular flexibility index (Phi) is 5.39. The summed E-state index contributed by atoms with van der Waals surface area (Å²) in [5.74, 6) is 0.238. The van der Waals surface area contributed by atoms with E-state index in [0.29, 0.717) is 22.1 Å². The standard InChI is InChI=1S/C20H15ClO5/c1-2-8-24-19(22)12-25-15-6-7-16-17(11-15)26-18(20(16)23)10-13-4-3-5-14(21)9-13/h2-7,9-11H,1,8,12H2/b18-10+. The molecule has 2 aromatic carbocycles. The molecule has 1 heterocycles. The van der Waals surface area contributed by atoms with Gasteiger partial charge in [0, 0.05) is 11.1 Å². The number of allylic oxidation sites excluding steroid dienone is 1. The minimum Gasteiger partial charge on any atom is -0.482 e. The molecule has 0 atom stereocenters. The van der Waals surface area contributed by atoms with Gasteiger partial charge in [0.2, 0.25) is 5.78 Å². The number of carbonyl (C=O) groups is 2. The molecule has 0 aromatic heterocycles. The highest BCUT2D eigenvalue weighted by Crippen LogP contribution is 2.35. The SMILES string of the molecule is C=CCOC(=O)COc1ccc2c(c1)O/C(=C/c1cccc(Cl)c1)C2=O. The normalized spacial score (nSPS) is 13.9. The van der Waals surface area contributed by atoms with Gasteiger partial charge in [-0.2, -0.15) is 0 Å². The number of ketones is 1. The monoisotopic (exact) mass is 370 g/mol. The van der Waals surface area contributed by atoms with E-state index in [0.717, 1.165) is 5.56 Å². The fourth-order valence-electron chi connectivity index (χ4n) is 2.34. The fraction of sp³-hybridized carbons (Fsp3) is 0.100. The molecule has 3 rings (SSSR count). The lowest BCUT2D eigenvalue weighted by Crippen LogP contribution is -2.14. The van der Waals surface area contributed by atoms with Crippen LogP contribution in [0.5, 0.6) is 11.5 Å². The fourth-order valence-corrected chi connectivity index (χ4v) is 2.54. The third-order valence-electron chi connectivity index (χ3n) is 3.51. The molecule has 0 saturated carbocycles. The summed E-state index contributed by atoms with van der Waals surface area (Å²) in [5.41, 5.74) is 1.19. The third kappa shape index (κ3) is 4.13. The van der Waals surface area contributed by atoms with E-state index in [1.54, 1.807) is 42.5 Å². The predicted molar refractivity (Wildman–Crippen MR) is 97.5 cm³/mol. The molecule has 0 aliphatic carbocycles. The number of hydrogen-bond acceptors (Lipinski definition) is 5. The Hall–Kier alpha value is -3.05. The summed E-state index contributed by atoms with van der Waals surface area (Å²) in [7, 11) is 0. The number of rotatable bonds is 6. The van der Waals surface area contributed by atoms with Crippen LogP contribution in [0.3, 0.4) is 0 Å². The molecule has 132 valence electrons. The number of halogens is 1. The zero-order chi connectivity index (χ0) is 18.5. The van der Waals surface area contributed by atoms with E-state index in [1.165, 1.54) is 6.08 Å². The lowest BCUT2D eigenvalue weighted by molar-refractivity contribution is -0.144. The smallest absolute Gasteiger partial charge is 0.344 e. The van der Waals surface area contributed by atoms with Gasteiger partial charge in [-0.15, -0.1) is 0 Å². The number of Topliss-reactive ketones (excluding diaryl/α,β-unsaturated/α-hetero) is 1. The Bertz CT molecular complexity index is 901. The molecule has 5 nitrogen and oxygen atoms in total. The number of hydrogen-bond donors (Lipinski definition) is 0. The molecule has 0 fully saturated rings. The van der Waals surface area contributed by atoms with Crippen LogP contribution in [0, 0.1) is 0 Å². The second kappa shape index (κ2) is 7.89. The van der Waals surface area contributed by atoms with Gasteiger partial charge >= 0.3 is 5.97 Å². The van der Waals surface area contributed by atoms with E-state index >= 15 is 0 Å². The van der Waals surface area contributed by atoms with Crippen molar-refractivity contribution in [3.8, 4) is 11.5 Å². The van der Waals surface area contributed by atoms with E-state index in [2.05, 4.69) is 6.58 Å². The van der Waals surface area contributed by atoms with Gasteiger partial charge in [0.15, 0.2) is 12.4 Å². The van der Waals surface area contributed by atoms with Crippen LogP contribution in [0.25, 0.3) is 6.08 Å². The quantitative estimate of drug-likeness (QED) is 0.436. The molecule has 1 aliphatic heterocycles. The molecule has 0 saturated heterocycles. The Labute approximate surface area is 155 Å². The second-order valence-electron chi connectivity index (χ2n) is 5.41. The molecule has 2 aromatic rings. The van der Waals surface area contributed by atoms with E-state index < -0.39 is 5.97 Å². The average molecular weight is 371 g/mol. The lowest BCUT2D eigenvalue weighted by atomic mass is 10.1. The van der Waals surface area contributed by atoms with E-state index in [9.17, 15) is 9.59 Å². The van der Waals surface area contributed by atoms with E-state index in [4.69, 9.17) is 25.8 Å². The van der Waals surface area contributed by atoms with E-state index in [-0.39, 0.29) is 24.8 Å². The van der Waals surface area contributed by atoms with Crippen LogP contribution >= 0.6 is 11.6 Å². The zero-order valence-corrected chi connectivity index (χ0v) is 14.5. The highest BCUT2D eigenvalue weighted by atomic mass is 35.5. The maximum atomic E-state index is 12.4. The summed E-state index contributed by atoms with van der Waals surface area (Å²) < 4.78 is 15.8. The third-order valence-corrected chi connectivity index (χ3v) is 3.74. The minimum absolute atomic E-state index is 0.127. The van der Waals surface area contributed by atoms with Crippen molar-refractivity contribution in [3.05, 3.63) is 77.0 Å². The van der Waals surface area contributed by atoms with Crippen molar-refractivity contribution in [2.45, 2.75) is 0 Å². The number of ether oxygens (including phenoxy) is 3. The van der Waals surface area contributed by atoms with Crippen molar-refractivity contribution < 1.29 is 23.8 Å². The molecule has 0 amide bonds. The summed E-state index contributed by atoms with van der Waals surface area (Å²) in [6.07, 6.45) is 3.10. The molecule has 0 spiro atoms. The highest BCUT2D eigenvalue weighted by molar-refractivity contribution is 6.30. The number of fused-ring (bicyclic) bond motifs is 1. The first kappa shape index (κ1) is 17.8. The Morgan fingerprint density at radius 3 is 2.85 bits per heavy atom. The minimum atomic E-state index is -0.510. The van der Waals surface area contributed by atoms with Gasteiger partial charge in [-0.3, -0.25) is 4.79 Å². The summed E-state index contributed by atoms with van der Waals surface area (Å²) in [6, 6.07) is 11.9. The average Bonchev–Trinajstić information content (AvgIpc) is 2.93. The van der Waals surface area contributed by atoms with Crippen molar-refractivity contribution in [1.82, 2.24) is 0 Å². The first-order chi connectivity index (χ1) is 12.6. The van der Waals surface area contributed by atoms with Crippen molar-refractivity contribution >= 4 is 29.4 Å². The first-order valence-corrected chi connectivity index (χ1v) is 8.18. The van der Waals surface area contributed by atoms with Gasteiger partial charge in [0.05, 0.1) is 5.56 Å². The van der Waals surface area contributed by atoms with Crippen LogP contribution in [0.2, 0.25) is 5.02 Å². The number of carbonyl (C=O) groups excluding carboxylic acids is 2. The van der Waals surface area contributed by atoms with Crippen LogP contribution in [-0.2, 0) is 9.53 Å². The molecule has 0 N–H and O–H groups in total. The van der Waals surface area contributed by atoms with Crippen molar-refractivity contribution in [2.24, 2.45) is 0 Å². The Morgan fingerprint density at radius 2 is 2.08 bits per heavy atom. The summed E-state index contributed by atoms with van der Waals surface area (Å²) in [4.78, 5) is 23.9. The molecule has 6 heteroatoms. The zero-order valence-electron chi connectivity index (χ0n) is 13.7. The molecular weight excluding hydrogens is 356 g/mol. The van der Waals surface area contributed by atoms with Crippen molar-refractivity contribution in [2.75, 3.05) is 13.2 Å². The maximum Gasteiger partial charge on any atom is 0.344 e. The van der Waals surface area contributed by atoms with Crippen LogP contribution in [0.1, 0.15) is 15.9 Å². The van der Waals surface area contributed by atoms with Crippen molar-refractivity contribution in [3.63, 3.8) is 0 Å². The van der Waals surface area contributed by atoms with Gasteiger partial charge in [0.25, 0.3) is 0 Å². The molecule has 0 bridgehead atoms. The van der Waals surface area contributed by atoms with Gasteiger partial charge in [-0.25, -0.2) is 4.79 Å². The Morgan fingerprint density at radius 1 is 1.23 bits per heavy atom. The van der Waals surface area contributed by atoms with Crippen molar-refractivity contribution in [1.29, 1.82) is 0 Å². The number of esters is 1. The number of benzene rings is 2. The first-order valence-electron chi connectivity index (χ1n) is 7.80. The summed E-state index contributed by atoms with van der Waals surface area (Å²) >= 11 is 5.95. The maximum absolute atomic E-state index is 12.4. The molecule has 0 unspecified atom stereocenters. The van der Waals surface area contributed by atoms with Crippen LogP contribution in [0.4, 0.5) is 0 Å². The topological polar surface area (TPSA) is 61.8 Å². The van der Waals surface area contributed by atoms with Gasteiger partial charge in [-0.05, 0) is 35.9 Å². The van der Waals surface area contributed by atoms with Gasteiger partial charge < -0.3 is 14.2 Å². The highest BCUT2D eigenvalue weighted by Gasteiger charge is 2.27. The van der Waals surface area contributed by atoms with Crippen LogP contribution < -0.4 is 9.47 Å². The molecule has 0 radical (unpaired) electrons. The largest absolute Gasteiger partial charge is 0.482 e. The molecule has 1 aliphatic rings. The predicted octanol–water partition coefficient (Wildman–Crippen LogP) is 4.06. The summed E-state index contributed by atoms with van der Waals surface area (Å²) in [5, 5.41) is 0.571. The van der Waals surface area contributed by atoms with Gasteiger partial charge in [0.1, 0.15) is 18.1 Å². The molecule has 26 heavy (non-hydrogen) atoms. The molecular formula is C20H15ClO5. The van der Waals surface area contributed by atoms with E-state index in [1.807, 2.05) is 6.07 Å². The second-order valence-corrected chi connectivity index (χ2v) is 5.85. The Balaban J connectivity index is 1.72. The van der Waals surface area contributed by atoms with Gasteiger partial charge in [-0.1, -0.05) is 36.4 Å². The van der Waals surface area contributed by atoms with Crippen LogP contribution in [0.15, 0.2) is 60.9 Å². The summed E-state index contributed by atoms with van der Waals surface area (Å²) in [6.45, 7) is 3.34. The lowest BCUT2D eigenvalue weighted by Gasteiger charge is -2.06.